The zero-order valence-electron chi connectivity index (χ0n) is 16.3. The van der Waals surface area contributed by atoms with E-state index < -0.39 is 11.6 Å². The summed E-state index contributed by atoms with van der Waals surface area (Å²) >= 11 is 1.14. The van der Waals surface area contributed by atoms with Gasteiger partial charge in [0.15, 0.2) is 5.78 Å². The van der Waals surface area contributed by atoms with Gasteiger partial charge in [-0.15, -0.1) is 0 Å². The summed E-state index contributed by atoms with van der Waals surface area (Å²) in [6, 6.07) is 9.73. The quantitative estimate of drug-likeness (QED) is 0.418. The van der Waals surface area contributed by atoms with Crippen molar-refractivity contribution in [3.05, 3.63) is 58.5 Å². The number of Topliss-reactive ketones (excluding diaryl/α,β-unsaturated/α-hetero) is 1. The van der Waals surface area contributed by atoms with Crippen molar-refractivity contribution in [1.82, 2.24) is 0 Å². The number of ketones is 2. The van der Waals surface area contributed by atoms with Crippen LogP contribution in [0, 0.1) is 0 Å². The Morgan fingerprint density at radius 2 is 1.52 bits per heavy atom. The van der Waals surface area contributed by atoms with Crippen LogP contribution >= 0.6 is 11.8 Å². The smallest absolute Gasteiger partial charge is 0.204 e. The van der Waals surface area contributed by atoms with Gasteiger partial charge in [-0.1, -0.05) is 44.4 Å². The zero-order valence-corrected chi connectivity index (χ0v) is 17.1. The van der Waals surface area contributed by atoms with Crippen LogP contribution in [0.3, 0.4) is 0 Å². The van der Waals surface area contributed by atoms with Crippen LogP contribution in [0.25, 0.3) is 0 Å². The second-order valence-electron chi connectivity index (χ2n) is 6.89. The summed E-state index contributed by atoms with van der Waals surface area (Å²) in [5.74, 6) is -0.848. The van der Waals surface area contributed by atoms with Gasteiger partial charge in [-0.05, 0) is 42.8 Å². The number of carbonyl (C=O) groups is 2. The van der Waals surface area contributed by atoms with Gasteiger partial charge in [0, 0.05) is 11.0 Å². The SMILES string of the molecule is CCCCCCCOc1ccc(SC2=CC(=O)c3c(O)ccc(O)c3C2=O)cc1. The Labute approximate surface area is 174 Å². The van der Waals surface area contributed by atoms with E-state index in [9.17, 15) is 19.8 Å². The summed E-state index contributed by atoms with van der Waals surface area (Å²) in [4.78, 5) is 26.0. The molecule has 3 rings (SSSR count). The predicted molar refractivity (Wildman–Crippen MR) is 113 cm³/mol. The molecule has 0 spiro atoms. The number of fused-ring (bicyclic) bond motifs is 1. The standard InChI is InChI=1S/C23H24O5S/c1-2-3-4-5-6-13-28-15-7-9-16(10-8-15)29-20-14-19(26)21-17(24)11-12-18(25)22(21)23(20)27/h7-12,14,24-25H,2-6,13H2,1H3. The summed E-state index contributed by atoms with van der Waals surface area (Å²) in [6.45, 7) is 2.86. The number of hydrogen-bond donors (Lipinski definition) is 2. The Morgan fingerprint density at radius 1 is 0.862 bits per heavy atom. The molecule has 0 amide bonds. The zero-order chi connectivity index (χ0) is 20.8. The molecular formula is C23H24O5S. The molecule has 2 N–H and O–H groups in total. The van der Waals surface area contributed by atoms with Crippen molar-refractivity contribution in [1.29, 1.82) is 0 Å². The van der Waals surface area contributed by atoms with Crippen molar-refractivity contribution in [2.75, 3.05) is 6.61 Å². The van der Waals surface area contributed by atoms with Gasteiger partial charge in [-0.3, -0.25) is 9.59 Å². The van der Waals surface area contributed by atoms with Crippen molar-refractivity contribution >= 4 is 23.3 Å². The maximum Gasteiger partial charge on any atom is 0.204 e. The average Bonchev–Trinajstić information content (AvgIpc) is 2.71. The fourth-order valence-corrected chi connectivity index (χ4v) is 4.03. The molecule has 5 nitrogen and oxygen atoms in total. The highest BCUT2D eigenvalue weighted by molar-refractivity contribution is 8.04. The average molecular weight is 413 g/mol. The molecule has 0 saturated heterocycles. The molecule has 0 unspecified atom stereocenters. The third-order valence-electron chi connectivity index (χ3n) is 4.69. The molecule has 1 aliphatic carbocycles. The minimum atomic E-state index is -0.501. The number of rotatable bonds is 9. The summed E-state index contributed by atoms with van der Waals surface area (Å²) in [6.07, 6.45) is 7.09. The van der Waals surface area contributed by atoms with E-state index in [2.05, 4.69) is 6.92 Å². The highest BCUT2D eigenvalue weighted by Crippen LogP contribution is 2.39. The number of benzene rings is 2. The van der Waals surface area contributed by atoms with Crippen LogP contribution in [-0.2, 0) is 0 Å². The van der Waals surface area contributed by atoms with Gasteiger partial charge in [0.05, 0.1) is 22.6 Å². The molecule has 0 bridgehead atoms. The van der Waals surface area contributed by atoms with Crippen LogP contribution in [0.2, 0.25) is 0 Å². The Hall–Kier alpha value is -2.73. The van der Waals surface area contributed by atoms with Gasteiger partial charge in [-0.25, -0.2) is 0 Å². The van der Waals surface area contributed by atoms with E-state index in [1.54, 1.807) is 0 Å². The lowest BCUT2D eigenvalue weighted by Crippen LogP contribution is -2.16. The lowest BCUT2D eigenvalue weighted by atomic mass is 9.93. The summed E-state index contributed by atoms with van der Waals surface area (Å²) in [7, 11) is 0. The maximum atomic E-state index is 12.7. The highest BCUT2D eigenvalue weighted by Gasteiger charge is 2.31. The van der Waals surface area contributed by atoms with E-state index in [0.717, 1.165) is 35.2 Å². The molecule has 29 heavy (non-hydrogen) atoms. The van der Waals surface area contributed by atoms with E-state index in [1.165, 1.54) is 37.5 Å². The van der Waals surface area contributed by atoms with Crippen LogP contribution in [-0.4, -0.2) is 28.4 Å². The molecule has 0 aromatic heterocycles. The van der Waals surface area contributed by atoms with Crippen LogP contribution in [0.5, 0.6) is 17.2 Å². The van der Waals surface area contributed by atoms with Crippen LogP contribution in [0.1, 0.15) is 59.7 Å². The Morgan fingerprint density at radius 3 is 2.21 bits per heavy atom. The molecule has 0 fully saturated rings. The summed E-state index contributed by atoms with van der Waals surface area (Å²) < 4.78 is 5.74. The Balaban J connectivity index is 1.63. The number of phenols is 2. The lowest BCUT2D eigenvalue weighted by molar-refractivity contribution is 0.0986. The topological polar surface area (TPSA) is 83.8 Å². The van der Waals surface area contributed by atoms with Gasteiger partial charge >= 0.3 is 0 Å². The predicted octanol–water partition coefficient (Wildman–Crippen LogP) is 5.50. The van der Waals surface area contributed by atoms with Gasteiger partial charge < -0.3 is 14.9 Å². The minimum absolute atomic E-state index is 0.150. The van der Waals surface area contributed by atoms with E-state index in [0.29, 0.717) is 6.61 Å². The normalized spacial score (nSPS) is 13.2. The van der Waals surface area contributed by atoms with Crippen LogP contribution in [0.4, 0.5) is 0 Å². The first-order valence-corrected chi connectivity index (χ1v) is 10.6. The summed E-state index contributed by atoms with van der Waals surface area (Å²) in [5.41, 5.74) is -0.301. The second-order valence-corrected chi connectivity index (χ2v) is 8.01. The molecule has 0 radical (unpaired) electrons. The van der Waals surface area contributed by atoms with E-state index >= 15 is 0 Å². The lowest BCUT2D eigenvalue weighted by Gasteiger charge is -2.17. The number of hydrogen-bond acceptors (Lipinski definition) is 6. The number of allylic oxidation sites excluding steroid dienone is 2. The van der Waals surface area contributed by atoms with Crippen molar-refractivity contribution < 1.29 is 24.5 Å². The monoisotopic (exact) mass is 412 g/mol. The number of thioether (sulfide) groups is 1. The molecule has 0 heterocycles. The number of unbranched alkanes of at least 4 members (excludes halogenated alkanes) is 4. The Bertz CT molecular complexity index is 931. The van der Waals surface area contributed by atoms with Gasteiger partial charge in [0.2, 0.25) is 5.78 Å². The van der Waals surface area contributed by atoms with Crippen LogP contribution < -0.4 is 4.74 Å². The molecule has 0 saturated carbocycles. The fourth-order valence-electron chi connectivity index (χ4n) is 3.14. The van der Waals surface area contributed by atoms with Crippen molar-refractivity contribution in [2.45, 2.75) is 43.9 Å². The third kappa shape index (κ3) is 5.01. The first-order chi connectivity index (χ1) is 14.0. The molecule has 2 aromatic carbocycles. The largest absolute Gasteiger partial charge is 0.507 e. The first-order valence-electron chi connectivity index (χ1n) is 9.77. The number of ether oxygens (including phenoxy) is 1. The molecular weight excluding hydrogens is 388 g/mol. The van der Waals surface area contributed by atoms with Crippen molar-refractivity contribution in [2.24, 2.45) is 0 Å². The molecule has 0 atom stereocenters. The third-order valence-corrected chi connectivity index (χ3v) is 5.72. The second kappa shape index (κ2) is 9.65. The van der Waals surface area contributed by atoms with E-state index in [1.807, 2.05) is 24.3 Å². The minimum Gasteiger partial charge on any atom is -0.507 e. The highest BCUT2D eigenvalue weighted by atomic mass is 32.2. The van der Waals surface area contributed by atoms with Gasteiger partial charge in [0.1, 0.15) is 17.2 Å². The molecule has 2 aromatic rings. The Kier molecular flexibility index (Phi) is 6.99. The van der Waals surface area contributed by atoms with Crippen LogP contribution in [0.15, 0.2) is 52.3 Å². The number of carbonyl (C=O) groups excluding carboxylic acids is 2. The van der Waals surface area contributed by atoms with Gasteiger partial charge in [-0.2, -0.15) is 0 Å². The first kappa shape index (κ1) is 21.0. The number of aromatic hydroxyl groups is 2. The summed E-state index contributed by atoms with van der Waals surface area (Å²) in [5, 5.41) is 19.9. The van der Waals surface area contributed by atoms with Crippen molar-refractivity contribution in [3.8, 4) is 17.2 Å². The fraction of sp³-hybridized carbons (Fsp3) is 0.304. The van der Waals surface area contributed by atoms with E-state index in [4.69, 9.17) is 4.74 Å². The maximum absolute atomic E-state index is 12.7. The molecule has 0 aliphatic heterocycles. The van der Waals surface area contributed by atoms with Crippen molar-refractivity contribution in [3.63, 3.8) is 0 Å². The van der Waals surface area contributed by atoms with Gasteiger partial charge in [0.25, 0.3) is 0 Å². The van der Waals surface area contributed by atoms with E-state index in [-0.39, 0.29) is 27.5 Å². The molecule has 6 heteroatoms. The molecule has 1 aliphatic rings. The number of phenolic OH excluding ortho intramolecular Hbond substituents is 2. The molecule has 152 valence electrons.